The van der Waals surface area contributed by atoms with Crippen LogP contribution in [-0.4, -0.2) is 37.6 Å². The topological polar surface area (TPSA) is 63.2 Å². The minimum atomic E-state index is -0.101. The van der Waals surface area contributed by atoms with Gasteiger partial charge in [-0.1, -0.05) is 0 Å². The van der Waals surface area contributed by atoms with E-state index >= 15 is 0 Å². The van der Waals surface area contributed by atoms with E-state index in [1.54, 1.807) is 18.5 Å². The molecule has 1 saturated heterocycles. The molecule has 1 amide bonds. The van der Waals surface area contributed by atoms with Gasteiger partial charge in [-0.05, 0) is 31.5 Å². The largest absolute Gasteiger partial charge is 0.494 e. The summed E-state index contributed by atoms with van der Waals surface area (Å²) in [5.74, 6) is 0.942. The van der Waals surface area contributed by atoms with Gasteiger partial charge in [0.2, 0.25) is 0 Å². The third-order valence-electron chi connectivity index (χ3n) is 2.96. The molecule has 92 valence electrons. The predicted octanol–water partition coefficient (Wildman–Crippen LogP) is 0.429. The van der Waals surface area contributed by atoms with Crippen molar-refractivity contribution in [3.8, 4) is 5.75 Å². The van der Waals surface area contributed by atoms with Crippen LogP contribution in [0.25, 0.3) is 0 Å². The summed E-state index contributed by atoms with van der Waals surface area (Å²) < 4.78 is 5.10. The average Bonchev–Trinajstić information content (AvgIpc) is 2.89. The summed E-state index contributed by atoms with van der Waals surface area (Å²) in [4.78, 5) is 15.9. The van der Waals surface area contributed by atoms with Crippen molar-refractivity contribution in [3.63, 3.8) is 0 Å². The smallest absolute Gasteiger partial charge is 0.255 e. The van der Waals surface area contributed by atoms with Gasteiger partial charge in [-0.2, -0.15) is 0 Å². The average molecular weight is 235 g/mol. The lowest BCUT2D eigenvalue weighted by atomic mass is 10.1. The molecule has 5 nitrogen and oxygen atoms in total. The maximum absolute atomic E-state index is 11.9. The zero-order chi connectivity index (χ0) is 12.1. The first-order chi connectivity index (χ1) is 8.31. The molecule has 1 aliphatic heterocycles. The second-order valence-corrected chi connectivity index (χ2v) is 4.14. The zero-order valence-electron chi connectivity index (χ0n) is 9.90. The molecule has 0 spiro atoms. The van der Waals surface area contributed by atoms with E-state index in [9.17, 15) is 4.79 Å². The molecule has 2 heterocycles. The van der Waals surface area contributed by atoms with Gasteiger partial charge in [-0.15, -0.1) is 0 Å². The molecule has 1 aliphatic rings. The standard InChI is InChI=1S/C12H17N3O2/c1-17-11-8-14-5-3-10(11)12(16)15-7-9-2-4-13-6-9/h3,5,8-9,13H,2,4,6-7H2,1H3,(H,15,16). The van der Waals surface area contributed by atoms with Crippen molar-refractivity contribution in [1.82, 2.24) is 15.6 Å². The number of ether oxygens (including phenoxy) is 1. The number of rotatable bonds is 4. The Morgan fingerprint density at radius 3 is 3.29 bits per heavy atom. The predicted molar refractivity (Wildman–Crippen MR) is 64.1 cm³/mol. The van der Waals surface area contributed by atoms with Crippen LogP contribution < -0.4 is 15.4 Å². The van der Waals surface area contributed by atoms with Crippen LogP contribution in [0, 0.1) is 5.92 Å². The van der Waals surface area contributed by atoms with E-state index in [1.807, 2.05) is 0 Å². The third kappa shape index (κ3) is 2.94. The van der Waals surface area contributed by atoms with Crippen LogP contribution in [0.2, 0.25) is 0 Å². The Bertz CT molecular complexity index is 389. The van der Waals surface area contributed by atoms with E-state index in [0.29, 0.717) is 23.8 Å². The highest BCUT2D eigenvalue weighted by Crippen LogP contribution is 2.15. The molecule has 2 N–H and O–H groups in total. The molecule has 0 aromatic carbocycles. The molecule has 0 saturated carbocycles. The van der Waals surface area contributed by atoms with Gasteiger partial charge < -0.3 is 15.4 Å². The summed E-state index contributed by atoms with van der Waals surface area (Å²) in [6, 6.07) is 1.67. The Morgan fingerprint density at radius 2 is 2.59 bits per heavy atom. The molecule has 0 aliphatic carbocycles. The van der Waals surface area contributed by atoms with E-state index in [4.69, 9.17) is 4.74 Å². The van der Waals surface area contributed by atoms with Crippen LogP contribution in [0.4, 0.5) is 0 Å². The van der Waals surface area contributed by atoms with Crippen molar-refractivity contribution in [2.45, 2.75) is 6.42 Å². The lowest BCUT2D eigenvalue weighted by Crippen LogP contribution is -2.30. The molecule has 17 heavy (non-hydrogen) atoms. The Morgan fingerprint density at radius 1 is 1.71 bits per heavy atom. The van der Waals surface area contributed by atoms with Crippen LogP contribution in [-0.2, 0) is 0 Å². The molecule has 0 radical (unpaired) electrons. The quantitative estimate of drug-likeness (QED) is 0.794. The Balaban J connectivity index is 1.94. The third-order valence-corrected chi connectivity index (χ3v) is 2.96. The summed E-state index contributed by atoms with van der Waals surface area (Å²) in [7, 11) is 1.54. The number of hydrogen-bond donors (Lipinski definition) is 2. The number of carbonyl (C=O) groups excluding carboxylic acids is 1. The number of pyridine rings is 1. The molecule has 1 aromatic heterocycles. The van der Waals surface area contributed by atoms with Crippen LogP contribution in [0.1, 0.15) is 16.8 Å². The molecule has 1 aromatic rings. The normalized spacial score (nSPS) is 19.0. The van der Waals surface area contributed by atoms with Crippen LogP contribution in [0.5, 0.6) is 5.75 Å². The Labute approximate surface area is 101 Å². The number of methoxy groups -OCH3 is 1. The van der Waals surface area contributed by atoms with Gasteiger partial charge in [-0.25, -0.2) is 0 Å². The lowest BCUT2D eigenvalue weighted by molar-refractivity contribution is 0.0945. The van der Waals surface area contributed by atoms with E-state index in [0.717, 1.165) is 19.5 Å². The second-order valence-electron chi connectivity index (χ2n) is 4.14. The SMILES string of the molecule is COc1cnccc1C(=O)NCC1CCNC1. The summed E-state index contributed by atoms with van der Waals surface area (Å²) in [5.41, 5.74) is 0.536. The summed E-state index contributed by atoms with van der Waals surface area (Å²) in [6.07, 6.45) is 4.26. The highest BCUT2D eigenvalue weighted by molar-refractivity contribution is 5.96. The van der Waals surface area contributed by atoms with Gasteiger partial charge in [0, 0.05) is 12.7 Å². The van der Waals surface area contributed by atoms with Gasteiger partial charge in [-0.3, -0.25) is 9.78 Å². The molecule has 1 atom stereocenters. The number of aromatic nitrogens is 1. The first kappa shape index (κ1) is 11.9. The number of amides is 1. The van der Waals surface area contributed by atoms with Crippen molar-refractivity contribution < 1.29 is 9.53 Å². The minimum absolute atomic E-state index is 0.101. The Hall–Kier alpha value is -1.62. The fourth-order valence-electron chi connectivity index (χ4n) is 1.95. The molecular formula is C12H17N3O2. The van der Waals surface area contributed by atoms with E-state index in [-0.39, 0.29) is 5.91 Å². The van der Waals surface area contributed by atoms with Gasteiger partial charge in [0.15, 0.2) is 0 Å². The highest BCUT2D eigenvalue weighted by atomic mass is 16.5. The van der Waals surface area contributed by atoms with Gasteiger partial charge in [0.1, 0.15) is 5.75 Å². The fraction of sp³-hybridized carbons (Fsp3) is 0.500. The van der Waals surface area contributed by atoms with Crippen molar-refractivity contribution in [2.24, 2.45) is 5.92 Å². The van der Waals surface area contributed by atoms with Gasteiger partial charge >= 0.3 is 0 Å². The summed E-state index contributed by atoms with van der Waals surface area (Å²) >= 11 is 0. The van der Waals surface area contributed by atoms with Crippen LogP contribution in [0.3, 0.4) is 0 Å². The first-order valence-corrected chi connectivity index (χ1v) is 5.78. The Kier molecular flexibility index (Phi) is 3.93. The molecule has 5 heteroatoms. The van der Waals surface area contributed by atoms with Gasteiger partial charge in [0.05, 0.1) is 18.9 Å². The molecule has 2 rings (SSSR count). The first-order valence-electron chi connectivity index (χ1n) is 5.78. The molecule has 0 bridgehead atoms. The van der Waals surface area contributed by atoms with Crippen molar-refractivity contribution in [2.75, 3.05) is 26.7 Å². The van der Waals surface area contributed by atoms with Crippen LogP contribution in [0.15, 0.2) is 18.5 Å². The second kappa shape index (κ2) is 5.63. The van der Waals surface area contributed by atoms with Crippen molar-refractivity contribution in [3.05, 3.63) is 24.0 Å². The lowest BCUT2D eigenvalue weighted by Gasteiger charge is -2.11. The van der Waals surface area contributed by atoms with E-state index < -0.39 is 0 Å². The molecule has 1 fully saturated rings. The number of nitrogens with one attached hydrogen (secondary N) is 2. The maximum Gasteiger partial charge on any atom is 0.255 e. The minimum Gasteiger partial charge on any atom is -0.494 e. The van der Waals surface area contributed by atoms with E-state index in [1.165, 1.54) is 7.11 Å². The number of nitrogens with zero attached hydrogens (tertiary/aromatic N) is 1. The molecule has 1 unspecified atom stereocenters. The summed E-state index contributed by atoms with van der Waals surface area (Å²) in [5, 5.41) is 6.20. The zero-order valence-corrected chi connectivity index (χ0v) is 9.90. The molecular weight excluding hydrogens is 218 g/mol. The number of carbonyl (C=O) groups is 1. The van der Waals surface area contributed by atoms with Gasteiger partial charge in [0.25, 0.3) is 5.91 Å². The van der Waals surface area contributed by atoms with Crippen molar-refractivity contribution in [1.29, 1.82) is 0 Å². The highest BCUT2D eigenvalue weighted by Gasteiger charge is 2.17. The summed E-state index contributed by atoms with van der Waals surface area (Å²) in [6.45, 7) is 2.73. The van der Waals surface area contributed by atoms with Crippen LogP contribution >= 0.6 is 0 Å². The fourth-order valence-corrected chi connectivity index (χ4v) is 1.95. The monoisotopic (exact) mass is 235 g/mol. The van der Waals surface area contributed by atoms with Crippen molar-refractivity contribution >= 4 is 5.91 Å². The van der Waals surface area contributed by atoms with E-state index in [2.05, 4.69) is 15.6 Å². The number of hydrogen-bond acceptors (Lipinski definition) is 4. The maximum atomic E-state index is 11.9.